The Morgan fingerprint density at radius 3 is 2.47 bits per heavy atom. The number of Topliss-reactive ketones (excluding diaryl/α,β-unsaturated/α-hetero) is 1. The third kappa shape index (κ3) is 2.97. The Balaban J connectivity index is 3.10. The number of ether oxygens (including phenoxy) is 2. The van der Waals surface area contributed by atoms with Crippen molar-refractivity contribution in [3.63, 3.8) is 0 Å². The molecule has 4 nitrogen and oxygen atoms in total. The van der Waals surface area contributed by atoms with E-state index in [4.69, 9.17) is 16.3 Å². The maximum absolute atomic E-state index is 12.0. The Morgan fingerprint density at radius 2 is 1.94 bits per heavy atom. The topological polar surface area (TPSA) is 52.6 Å². The summed E-state index contributed by atoms with van der Waals surface area (Å²) in [6, 6.07) is 4.67. The normalized spacial score (nSPS) is 11.8. The van der Waals surface area contributed by atoms with E-state index in [1.807, 2.05) is 0 Å². The minimum atomic E-state index is -0.882. The number of ketones is 1. The van der Waals surface area contributed by atoms with E-state index in [2.05, 4.69) is 4.74 Å². The van der Waals surface area contributed by atoms with Crippen molar-refractivity contribution in [2.75, 3.05) is 14.2 Å². The molecular weight excluding hydrogens is 244 g/mol. The molecule has 17 heavy (non-hydrogen) atoms. The fraction of sp³-hybridized carbons (Fsp3) is 0.333. The maximum atomic E-state index is 12.0. The molecule has 1 rings (SSSR count). The van der Waals surface area contributed by atoms with Crippen LogP contribution >= 0.6 is 11.6 Å². The van der Waals surface area contributed by atoms with E-state index in [1.165, 1.54) is 27.2 Å². The second-order valence-corrected chi connectivity index (χ2v) is 3.89. The highest BCUT2D eigenvalue weighted by Gasteiger charge is 2.26. The highest BCUT2D eigenvalue weighted by Crippen LogP contribution is 2.25. The molecule has 5 heteroatoms. The minimum absolute atomic E-state index is 0.276. The minimum Gasteiger partial charge on any atom is -0.496 e. The third-order valence-corrected chi connectivity index (χ3v) is 2.61. The van der Waals surface area contributed by atoms with Crippen LogP contribution < -0.4 is 4.74 Å². The van der Waals surface area contributed by atoms with E-state index in [1.54, 1.807) is 12.1 Å². The molecule has 0 spiro atoms. The number of carbonyl (C=O) groups excluding carboxylic acids is 2. The van der Waals surface area contributed by atoms with Gasteiger partial charge in [0.15, 0.2) is 5.78 Å². The Bertz CT molecular complexity index is 442. The number of carbonyl (C=O) groups is 2. The van der Waals surface area contributed by atoms with Crippen LogP contribution in [0.2, 0.25) is 5.02 Å². The van der Waals surface area contributed by atoms with Gasteiger partial charge in [0.2, 0.25) is 0 Å². The summed E-state index contributed by atoms with van der Waals surface area (Å²) in [5, 5.41) is 0.409. The van der Waals surface area contributed by atoms with Gasteiger partial charge in [0.1, 0.15) is 11.7 Å². The summed E-state index contributed by atoms with van der Waals surface area (Å²) in [7, 11) is 2.68. The summed E-state index contributed by atoms with van der Waals surface area (Å²) < 4.78 is 9.58. The predicted octanol–water partition coefficient (Wildman–Crippen LogP) is 2.34. The lowest BCUT2D eigenvalue weighted by Crippen LogP contribution is -2.22. The van der Waals surface area contributed by atoms with Crippen molar-refractivity contribution in [3.05, 3.63) is 28.8 Å². The third-order valence-electron chi connectivity index (χ3n) is 2.38. The molecule has 0 N–H and O–H groups in total. The molecule has 0 amide bonds. The molecule has 0 radical (unpaired) electrons. The second kappa shape index (κ2) is 5.68. The van der Waals surface area contributed by atoms with Gasteiger partial charge in [0.05, 0.1) is 19.8 Å². The number of halogens is 1. The van der Waals surface area contributed by atoms with Gasteiger partial charge >= 0.3 is 5.97 Å². The standard InChI is InChI=1S/C12H13ClO4/c1-7(12(15)17-3)11(14)9-6-8(13)4-5-10(9)16-2/h4-7H,1-3H3. The van der Waals surface area contributed by atoms with Crippen molar-refractivity contribution in [2.45, 2.75) is 6.92 Å². The molecule has 0 saturated carbocycles. The second-order valence-electron chi connectivity index (χ2n) is 3.45. The average Bonchev–Trinajstić information content (AvgIpc) is 2.35. The van der Waals surface area contributed by atoms with Crippen LogP contribution in [0, 0.1) is 5.92 Å². The summed E-state index contributed by atoms with van der Waals surface area (Å²) in [5.41, 5.74) is 0.276. The number of rotatable bonds is 4. The number of methoxy groups -OCH3 is 2. The largest absolute Gasteiger partial charge is 0.496 e. The van der Waals surface area contributed by atoms with E-state index < -0.39 is 11.9 Å². The zero-order valence-corrected chi connectivity index (χ0v) is 10.6. The van der Waals surface area contributed by atoms with E-state index >= 15 is 0 Å². The van der Waals surface area contributed by atoms with E-state index in [9.17, 15) is 9.59 Å². The first-order chi connectivity index (χ1) is 8.01. The molecular formula is C12H13ClO4. The first kappa shape index (κ1) is 13.5. The number of hydrogen-bond donors (Lipinski definition) is 0. The zero-order valence-electron chi connectivity index (χ0n) is 9.82. The average molecular weight is 257 g/mol. The number of esters is 1. The van der Waals surface area contributed by atoms with Crippen LogP contribution in [-0.4, -0.2) is 26.0 Å². The molecule has 0 fully saturated rings. The fourth-order valence-corrected chi connectivity index (χ4v) is 1.56. The Labute approximate surface area is 104 Å². The number of benzene rings is 1. The SMILES string of the molecule is COC(=O)C(C)C(=O)c1cc(Cl)ccc1OC. The van der Waals surface area contributed by atoms with Crippen LogP contribution in [0.1, 0.15) is 17.3 Å². The fourth-order valence-electron chi connectivity index (χ4n) is 1.39. The van der Waals surface area contributed by atoms with Crippen LogP contribution in [0.3, 0.4) is 0 Å². The van der Waals surface area contributed by atoms with E-state index in [0.717, 1.165) is 0 Å². The lowest BCUT2D eigenvalue weighted by Gasteiger charge is -2.11. The molecule has 0 bridgehead atoms. The molecule has 0 aliphatic heterocycles. The molecule has 0 saturated heterocycles. The van der Waals surface area contributed by atoms with Gasteiger partial charge in [-0.15, -0.1) is 0 Å². The Hall–Kier alpha value is -1.55. The Morgan fingerprint density at radius 1 is 1.29 bits per heavy atom. The van der Waals surface area contributed by atoms with Crippen molar-refractivity contribution in [1.29, 1.82) is 0 Å². The van der Waals surface area contributed by atoms with Crippen molar-refractivity contribution in [3.8, 4) is 5.75 Å². The van der Waals surface area contributed by atoms with Gasteiger partial charge in [0, 0.05) is 5.02 Å². The maximum Gasteiger partial charge on any atom is 0.316 e. The monoisotopic (exact) mass is 256 g/mol. The molecule has 92 valence electrons. The summed E-state index contributed by atoms with van der Waals surface area (Å²) in [4.78, 5) is 23.3. The molecule has 1 aromatic rings. The summed E-state index contributed by atoms with van der Waals surface area (Å²) in [6.07, 6.45) is 0. The quantitative estimate of drug-likeness (QED) is 0.471. The molecule has 0 aliphatic rings. The molecule has 0 heterocycles. The van der Waals surface area contributed by atoms with Gasteiger partial charge in [0.25, 0.3) is 0 Å². The van der Waals surface area contributed by atoms with Crippen LogP contribution in [0.5, 0.6) is 5.75 Å². The molecule has 1 atom stereocenters. The summed E-state index contributed by atoms with van der Waals surface area (Å²) in [6.45, 7) is 1.48. The van der Waals surface area contributed by atoms with Crippen LogP contribution in [0.4, 0.5) is 0 Å². The number of hydrogen-bond acceptors (Lipinski definition) is 4. The summed E-state index contributed by atoms with van der Waals surface area (Å²) >= 11 is 5.81. The molecule has 0 aromatic heterocycles. The van der Waals surface area contributed by atoms with Gasteiger partial charge in [-0.05, 0) is 25.1 Å². The molecule has 0 aliphatic carbocycles. The van der Waals surface area contributed by atoms with E-state index in [0.29, 0.717) is 10.8 Å². The highest BCUT2D eigenvalue weighted by molar-refractivity contribution is 6.31. The Kier molecular flexibility index (Phi) is 4.52. The van der Waals surface area contributed by atoms with Gasteiger partial charge in [-0.1, -0.05) is 11.6 Å². The lowest BCUT2D eigenvalue weighted by molar-refractivity contribution is -0.143. The van der Waals surface area contributed by atoms with Gasteiger partial charge in [-0.3, -0.25) is 9.59 Å². The summed E-state index contributed by atoms with van der Waals surface area (Å²) in [5.74, 6) is -1.46. The zero-order chi connectivity index (χ0) is 13.0. The van der Waals surface area contributed by atoms with Crippen molar-refractivity contribution in [2.24, 2.45) is 5.92 Å². The van der Waals surface area contributed by atoms with Gasteiger partial charge < -0.3 is 9.47 Å². The predicted molar refractivity (Wildman–Crippen MR) is 63.5 cm³/mol. The first-order valence-electron chi connectivity index (χ1n) is 4.96. The molecule has 1 aromatic carbocycles. The van der Waals surface area contributed by atoms with Crippen LogP contribution in [0.15, 0.2) is 18.2 Å². The highest BCUT2D eigenvalue weighted by atomic mass is 35.5. The van der Waals surface area contributed by atoms with Crippen LogP contribution in [0.25, 0.3) is 0 Å². The van der Waals surface area contributed by atoms with Gasteiger partial charge in [-0.2, -0.15) is 0 Å². The van der Waals surface area contributed by atoms with Crippen LogP contribution in [-0.2, 0) is 9.53 Å². The van der Waals surface area contributed by atoms with Crippen molar-refractivity contribution in [1.82, 2.24) is 0 Å². The lowest BCUT2D eigenvalue weighted by atomic mass is 9.99. The smallest absolute Gasteiger partial charge is 0.316 e. The van der Waals surface area contributed by atoms with E-state index in [-0.39, 0.29) is 11.3 Å². The van der Waals surface area contributed by atoms with Crippen molar-refractivity contribution >= 4 is 23.4 Å². The van der Waals surface area contributed by atoms with Gasteiger partial charge in [-0.25, -0.2) is 0 Å². The first-order valence-corrected chi connectivity index (χ1v) is 5.34. The van der Waals surface area contributed by atoms with Crippen molar-refractivity contribution < 1.29 is 19.1 Å². The molecule has 1 unspecified atom stereocenters.